The van der Waals surface area contributed by atoms with Gasteiger partial charge in [-0.15, -0.1) is 11.6 Å². The van der Waals surface area contributed by atoms with Crippen molar-refractivity contribution in [3.63, 3.8) is 0 Å². The fraction of sp³-hybridized carbons (Fsp3) is 0.692. The quantitative estimate of drug-likeness (QED) is 0.803. The molecule has 19 heavy (non-hydrogen) atoms. The van der Waals surface area contributed by atoms with Crippen LogP contribution >= 0.6 is 11.6 Å². The summed E-state index contributed by atoms with van der Waals surface area (Å²) in [6, 6.07) is 3.10. The Morgan fingerprint density at radius 2 is 2.00 bits per heavy atom. The third kappa shape index (κ3) is 2.98. The van der Waals surface area contributed by atoms with E-state index >= 15 is 0 Å². The van der Waals surface area contributed by atoms with E-state index in [1.807, 2.05) is 0 Å². The highest BCUT2D eigenvalue weighted by Gasteiger charge is 2.35. The fourth-order valence-corrected chi connectivity index (χ4v) is 3.83. The topological polar surface area (TPSA) is 50.5 Å². The molecule has 108 valence electrons. The molecule has 2 heterocycles. The van der Waals surface area contributed by atoms with Gasteiger partial charge in [-0.1, -0.05) is 20.3 Å². The van der Waals surface area contributed by atoms with Crippen molar-refractivity contribution < 1.29 is 12.8 Å². The molecule has 1 fully saturated rings. The van der Waals surface area contributed by atoms with Gasteiger partial charge in [0.15, 0.2) is 0 Å². The Morgan fingerprint density at radius 1 is 1.37 bits per heavy atom. The minimum atomic E-state index is -3.50. The summed E-state index contributed by atoms with van der Waals surface area (Å²) in [4.78, 5) is 0. The Balaban J connectivity index is 2.14. The predicted molar refractivity (Wildman–Crippen MR) is 74.7 cm³/mol. The zero-order valence-corrected chi connectivity index (χ0v) is 12.9. The van der Waals surface area contributed by atoms with Crippen LogP contribution in [0.15, 0.2) is 21.6 Å². The van der Waals surface area contributed by atoms with Crippen LogP contribution in [0.3, 0.4) is 0 Å². The molecule has 1 aromatic rings. The van der Waals surface area contributed by atoms with Crippen molar-refractivity contribution in [1.29, 1.82) is 0 Å². The van der Waals surface area contributed by atoms with E-state index in [4.69, 9.17) is 16.0 Å². The molecule has 0 N–H and O–H groups in total. The lowest BCUT2D eigenvalue weighted by Crippen LogP contribution is -2.41. The third-order valence-electron chi connectivity index (χ3n) is 4.15. The number of hydrogen-bond acceptors (Lipinski definition) is 3. The Labute approximate surface area is 119 Å². The van der Waals surface area contributed by atoms with Gasteiger partial charge < -0.3 is 4.42 Å². The molecule has 4 nitrogen and oxygen atoms in total. The fourth-order valence-electron chi connectivity index (χ4n) is 2.32. The van der Waals surface area contributed by atoms with Crippen LogP contribution in [0.2, 0.25) is 0 Å². The highest BCUT2D eigenvalue weighted by Crippen LogP contribution is 2.35. The summed E-state index contributed by atoms with van der Waals surface area (Å²) in [6.07, 6.45) is 2.87. The number of furan rings is 1. The second-order valence-corrected chi connectivity index (χ2v) is 7.56. The van der Waals surface area contributed by atoms with Crippen LogP contribution in [0.5, 0.6) is 0 Å². The Morgan fingerprint density at radius 3 is 2.47 bits per heavy atom. The van der Waals surface area contributed by atoms with E-state index in [2.05, 4.69) is 13.8 Å². The van der Waals surface area contributed by atoms with E-state index in [9.17, 15) is 8.42 Å². The van der Waals surface area contributed by atoms with E-state index in [1.165, 1.54) is 10.4 Å². The molecule has 6 heteroatoms. The molecular weight excluding hydrogens is 286 g/mol. The van der Waals surface area contributed by atoms with Crippen LogP contribution in [-0.4, -0.2) is 25.8 Å². The maximum absolute atomic E-state index is 12.4. The van der Waals surface area contributed by atoms with Crippen molar-refractivity contribution in [2.24, 2.45) is 5.41 Å². The molecule has 0 saturated carbocycles. The lowest BCUT2D eigenvalue weighted by atomic mass is 9.79. The molecule has 0 bridgehead atoms. The van der Waals surface area contributed by atoms with Gasteiger partial charge in [-0.2, -0.15) is 4.31 Å². The van der Waals surface area contributed by atoms with Gasteiger partial charge in [0.2, 0.25) is 5.09 Å². The number of halogens is 1. The highest BCUT2D eigenvalue weighted by molar-refractivity contribution is 7.89. The predicted octanol–water partition coefficient (Wildman–Crippen LogP) is 3.22. The molecule has 0 amide bonds. The second kappa shape index (κ2) is 5.46. The van der Waals surface area contributed by atoms with Gasteiger partial charge in [0.25, 0.3) is 10.0 Å². The second-order valence-electron chi connectivity index (χ2n) is 5.42. The van der Waals surface area contributed by atoms with E-state index in [-0.39, 0.29) is 16.4 Å². The Hall–Kier alpha value is -0.520. The number of sulfonamides is 1. The molecule has 1 saturated heterocycles. The van der Waals surface area contributed by atoms with Crippen LogP contribution in [-0.2, 0) is 15.9 Å². The first kappa shape index (κ1) is 14.9. The Bertz CT molecular complexity index is 530. The number of alkyl halides is 1. The molecule has 0 radical (unpaired) electrons. The van der Waals surface area contributed by atoms with Crippen molar-refractivity contribution in [3.8, 4) is 0 Å². The smallest absolute Gasteiger partial charge is 0.276 e. The number of hydrogen-bond donors (Lipinski definition) is 0. The van der Waals surface area contributed by atoms with Crippen LogP contribution in [0.4, 0.5) is 0 Å². The average Bonchev–Trinajstić information content (AvgIpc) is 2.89. The number of piperidine rings is 1. The zero-order chi connectivity index (χ0) is 14.1. The third-order valence-corrected chi connectivity index (χ3v) is 6.18. The van der Waals surface area contributed by atoms with Crippen LogP contribution < -0.4 is 0 Å². The normalized spacial score (nSPS) is 20.6. The molecule has 2 rings (SSSR count). The molecule has 0 aliphatic carbocycles. The lowest BCUT2D eigenvalue weighted by molar-refractivity contribution is 0.167. The maximum atomic E-state index is 12.4. The molecule has 0 atom stereocenters. The molecule has 0 spiro atoms. The highest BCUT2D eigenvalue weighted by atomic mass is 35.5. The lowest BCUT2D eigenvalue weighted by Gasteiger charge is -2.37. The summed E-state index contributed by atoms with van der Waals surface area (Å²) in [5, 5.41) is 0.00301. The minimum Gasteiger partial charge on any atom is -0.447 e. The molecule has 0 aromatic carbocycles. The van der Waals surface area contributed by atoms with Gasteiger partial charge in [-0.3, -0.25) is 0 Å². The van der Waals surface area contributed by atoms with Crippen LogP contribution in [0, 0.1) is 5.41 Å². The van der Waals surface area contributed by atoms with Gasteiger partial charge in [-0.05, 0) is 30.4 Å². The van der Waals surface area contributed by atoms with Crippen molar-refractivity contribution in [2.45, 2.75) is 44.1 Å². The van der Waals surface area contributed by atoms with Gasteiger partial charge in [0.05, 0.1) is 5.88 Å². The Kier molecular flexibility index (Phi) is 4.28. The van der Waals surface area contributed by atoms with E-state index in [0.29, 0.717) is 18.8 Å². The first-order chi connectivity index (χ1) is 8.91. The summed E-state index contributed by atoms with van der Waals surface area (Å²) >= 11 is 5.63. The summed E-state index contributed by atoms with van der Waals surface area (Å²) in [5.74, 6) is 0.666. The summed E-state index contributed by atoms with van der Waals surface area (Å²) in [7, 11) is -3.50. The molecule has 0 unspecified atom stereocenters. The van der Waals surface area contributed by atoms with Gasteiger partial charge >= 0.3 is 0 Å². The van der Waals surface area contributed by atoms with Crippen molar-refractivity contribution >= 4 is 21.6 Å². The summed E-state index contributed by atoms with van der Waals surface area (Å²) in [6.45, 7) is 5.49. The van der Waals surface area contributed by atoms with E-state index in [1.54, 1.807) is 6.07 Å². The molecule has 1 aromatic heterocycles. The molecular formula is C13H20ClNO3S. The first-order valence-electron chi connectivity index (χ1n) is 6.56. The number of nitrogens with zero attached hydrogens (tertiary/aromatic N) is 1. The van der Waals surface area contributed by atoms with Crippen LogP contribution in [0.25, 0.3) is 0 Å². The monoisotopic (exact) mass is 305 g/mol. The molecule has 1 aliphatic heterocycles. The van der Waals surface area contributed by atoms with E-state index in [0.717, 1.165) is 19.3 Å². The SMILES string of the molecule is CCC1(C)CCN(S(=O)(=O)c2ccc(CCl)o2)CC1. The molecule has 1 aliphatic rings. The van der Waals surface area contributed by atoms with Gasteiger partial charge in [0.1, 0.15) is 5.76 Å². The average molecular weight is 306 g/mol. The van der Waals surface area contributed by atoms with Crippen molar-refractivity contribution in [2.75, 3.05) is 13.1 Å². The maximum Gasteiger partial charge on any atom is 0.276 e. The summed E-state index contributed by atoms with van der Waals surface area (Å²) < 4.78 is 31.6. The number of rotatable bonds is 4. The van der Waals surface area contributed by atoms with Gasteiger partial charge in [-0.25, -0.2) is 8.42 Å². The van der Waals surface area contributed by atoms with E-state index < -0.39 is 10.0 Å². The first-order valence-corrected chi connectivity index (χ1v) is 8.53. The van der Waals surface area contributed by atoms with Crippen LogP contribution in [0.1, 0.15) is 38.9 Å². The minimum absolute atomic E-state index is 0.00301. The van der Waals surface area contributed by atoms with Crippen molar-refractivity contribution in [1.82, 2.24) is 4.31 Å². The van der Waals surface area contributed by atoms with Gasteiger partial charge in [0, 0.05) is 13.1 Å². The largest absolute Gasteiger partial charge is 0.447 e. The standard InChI is InChI=1S/C13H20ClNO3S/c1-3-13(2)6-8-15(9-7-13)19(16,17)12-5-4-11(10-14)18-12/h4-5H,3,6-10H2,1-2H3. The zero-order valence-electron chi connectivity index (χ0n) is 11.4. The van der Waals surface area contributed by atoms with Crippen molar-refractivity contribution in [3.05, 3.63) is 17.9 Å². The summed E-state index contributed by atoms with van der Waals surface area (Å²) in [5.41, 5.74) is 0.260.